The molecule has 1 rings (SSSR count). The molecule has 0 radical (unpaired) electrons. The molecule has 0 aromatic heterocycles. The maximum atomic E-state index is 11.6. The lowest BCUT2D eigenvalue weighted by Gasteiger charge is -2.14. The van der Waals surface area contributed by atoms with Gasteiger partial charge in [0.1, 0.15) is 0 Å². The second-order valence-corrected chi connectivity index (χ2v) is 6.13. The van der Waals surface area contributed by atoms with Gasteiger partial charge >= 0.3 is 0 Å². The zero-order valence-electron chi connectivity index (χ0n) is 9.19. The van der Waals surface area contributed by atoms with Gasteiger partial charge in [-0.1, -0.05) is 13.8 Å². The quantitative estimate of drug-likeness (QED) is 0.702. The minimum absolute atomic E-state index is 0.0174. The maximum Gasteiger partial charge on any atom is 0.240 e. The maximum absolute atomic E-state index is 11.6. The molecule has 0 aromatic carbocycles. The molecule has 1 N–H and O–H groups in total. The smallest absolute Gasteiger partial charge is 0.240 e. The number of carbonyl (C=O) groups is 1. The van der Waals surface area contributed by atoms with Crippen molar-refractivity contribution in [3.63, 3.8) is 0 Å². The van der Waals surface area contributed by atoms with Crippen molar-refractivity contribution < 1.29 is 13.2 Å². The van der Waals surface area contributed by atoms with Crippen molar-refractivity contribution >= 4 is 15.7 Å². The van der Waals surface area contributed by atoms with Crippen molar-refractivity contribution in [2.24, 2.45) is 0 Å². The molecule has 0 aromatic rings. The van der Waals surface area contributed by atoms with Crippen LogP contribution in [0.5, 0.6) is 0 Å². The van der Waals surface area contributed by atoms with Gasteiger partial charge in [0, 0.05) is 12.3 Å². The molecule has 1 aliphatic rings. The largest absolute Gasteiger partial charge is 0.328 e. The van der Waals surface area contributed by atoms with Crippen LogP contribution in [0.3, 0.4) is 0 Å². The molecule has 0 saturated carbocycles. The van der Waals surface area contributed by atoms with Crippen LogP contribution >= 0.6 is 0 Å². The number of rotatable bonds is 5. The van der Waals surface area contributed by atoms with Gasteiger partial charge in [0.15, 0.2) is 9.84 Å². The van der Waals surface area contributed by atoms with Gasteiger partial charge in [0.05, 0.1) is 18.5 Å². The third-order valence-corrected chi connectivity index (χ3v) is 4.34. The Morgan fingerprint density at radius 2 is 2.13 bits per heavy atom. The minimum atomic E-state index is -2.98. The Morgan fingerprint density at radius 1 is 1.47 bits per heavy atom. The molecule has 1 unspecified atom stereocenters. The Morgan fingerprint density at radius 3 is 2.60 bits per heavy atom. The standard InChI is InChI=1S/C9H18N2O3S/c1-3-8-9(12)11(7-10-8)5-6-15(13,14)4-2/h8,10H,3-7H2,1-2H3. The van der Waals surface area contributed by atoms with E-state index in [4.69, 9.17) is 0 Å². The van der Waals surface area contributed by atoms with Gasteiger partial charge in [0.2, 0.25) is 5.91 Å². The van der Waals surface area contributed by atoms with E-state index in [-0.39, 0.29) is 23.5 Å². The number of sulfone groups is 1. The molecule has 1 heterocycles. The molecule has 15 heavy (non-hydrogen) atoms. The second kappa shape index (κ2) is 4.94. The van der Waals surface area contributed by atoms with Gasteiger partial charge in [-0.15, -0.1) is 0 Å². The van der Waals surface area contributed by atoms with Crippen LogP contribution in [-0.2, 0) is 14.6 Å². The van der Waals surface area contributed by atoms with Crippen molar-refractivity contribution in [1.29, 1.82) is 0 Å². The molecule has 1 fully saturated rings. The summed E-state index contributed by atoms with van der Waals surface area (Å²) in [5.41, 5.74) is 0. The van der Waals surface area contributed by atoms with E-state index in [0.717, 1.165) is 6.42 Å². The highest BCUT2D eigenvalue weighted by molar-refractivity contribution is 7.91. The van der Waals surface area contributed by atoms with Crippen molar-refractivity contribution in [2.45, 2.75) is 26.3 Å². The lowest BCUT2D eigenvalue weighted by molar-refractivity contribution is -0.128. The summed E-state index contributed by atoms with van der Waals surface area (Å²) in [6.45, 7) is 4.32. The first-order valence-electron chi connectivity index (χ1n) is 5.22. The van der Waals surface area contributed by atoms with Crippen molar-refractivity contribution in [3.05, 3.63) is 0 Å². The summed E-state index contributed by atoms with van der Waals surface area (Å²) in [4.78, 5) is 13.2. The topological polar surface area (TPSA) is 66.5 Å². The van der Waals surface area contributed by atoms with Crippen LogP contribution in [0, 0.1) is 0 Å². The van der Waals surface area contributed by atoms with Crippen LogP contribution in [0.15, 0.2) is 0 Å². The normalized spacial score (nSPS) is 22.4. The number of nitrogens with zero attached hydrogens (tertiary/aromatic N) is 1. The van der Waals surface area contributed by atoms with Crippen molar-refractivity contribution in [3.8, 4) is 0 Å². The van der Waals surface area contributed by atoms with E-state index in [2.05, 4.69) is 5.32 Å². The molecule has 0 bridgehead atoms. The van der Waals surface area contributed by atoms with Crippen LogP contribution in [0.1, 0.15) is 20.3 Å². The molecular weight excluding hydrogens is 216 g/mol. The Balaban J connectivity index is 2.45. The summed E-state index contributed by atoms with van der Waals surface area (Å²) in [5.74, 6) is 0.219. The predicted octanol–water partition coefficient (Wildman–Crippen LogP) is -0.411. The molecule has 5 nitrogen and oxygen atoms in total. The fourth-order valence-corrected chi connectivity index (χ4v) is 2.30. The number of nitrogens with one attached hydrogen (secondary N) is 1. The zero-order valence-corrected chi connectivity index (χ0v) is 10.0. The fourth-order valence-electron chi connectivity index (χ4n) is 1.51. The second-order valence-electron chi connectivity index (χ2n) is 3.66. The van der Waals surface area contributed by atoms with E-state index >= 15 is 0 Å². The molecule has 0 aliphatic carbocycles. The number of hydrogen-bond donors (Lipinski definition) is 1. The third kappa shape index (κ3) is 3.17. The van der Waals surface area contributed by atoms with Gasteiger partial charge in [0.25, 0.3) is 0 Å². The molecule has 88 valence electrons. The lowest BCUT2D eigenvalue weighted by atomic mass is 10.2. The van der Waals surface area contributed by atoms with Crippen LogP contribution in [0.4, 0.5) is 0 Å². The van der Waals surface area contributed by atoms with E-state index in [1.165, 1.54) is 0 Å². The van der Waals surface area contributed by atoms with Gasteiger partial charge in [-0.05, 0) is 6.42 Å². The van der Waals surface area contributed by atoms with E-state index in [1.807, 2.05) is 6.92 Å². The van der Waals surface area contributed by atoms with Crippen LogP contribution in [-0.4, -0.2) is 50.0 Å². The molecular formula is C9H18N2O3S. The van der Waals surface area contributed by atoms with E-state index in [9.17, 15) is 13.2 Å². The Bertz CT molecular complexity index is 326. The van der Waals surface area contributed by atoms with Crippen LogP contribution in [0.25, 0.3) is 0 Å². The van der Waals surface area contributed by atoms with Gasteiger partial charge in [-0.25, -0.2) is 8.42 Å². The molecule has 1 amide bonds. The Hall–Kier alpha value is -0.620. The molecule has 1 aliphatic heterocycles. The van der Waals surface area contributed by atoms with Crippen molar-refractivity contribution in [2.75, 3.05) is 24.7 Å². The predicted molar refractivity (Wildman–Crippen MR) is 58.1 cm³/mol. The van der Waals surface area contributed by atoms with Crippen LogP contribution < -0.4 is 5.32 Å². The van der Waals surface area contributed by atoms with Crippen LogP contribution in [0.2, 0.25) is 0 Å². The number of carbonyl (C=O) groups excluding carboxylic acids is 1. The summed E-state index contributed by atoms with van der Waals surface area (Å²) in [5, 5.41) is 3.04. The number of amides is 1. The average Bonchev–Trinajstić information content (AvgIpc) is 2.57. The van der Waals surface area contributed by atoms with E-state index in [1.54, 1.807) is 11.8 Å². The highest BCUT2D eigenvalue weighted by atomic mass is 32.2. The van der Waals surface area contributed by atoms with Gasteiger partial charge in [-0.2, -0.15) is 0 Å². The molecule has 1 atom stereocenters. The summed E-state index contributed by atoms with van der Waals surface area (Å²) >= 11 is 0. The average molecular weight is 234 g/mol. The molecule has 6 heteroatoms. The summed E-state index contributed by atoms with van der Waals surface area (Å²) in [6.07, 6.45) is 0.746. The third-order valence-electron chi connectivity index (χ3n) is 2.66. The van der Waals surface area contributed by atoms with Crippen molar-refractivity contribution in [1.82, 2.24) is 10.2 Å². The highest BCUT2D eigenvalue weighted by Crippen LogP contribution is 2.06. The molecule has 0 spiro atoms. The molecule has 1 saturated heterocycles. The summed E-state index contributed by atoms with van der Waals surface area (Å²) < 4.78 is 22.5. The van der Waals surface area contributed by atoms with Gasteiger partial charge in [-0.3, -0.25) is 10.1 Å². The monoisotopic (exact) mass is 234 g/mol. The van der Waals surface area contributed by atoms with E-state index < -0.39 is 9.84 Å². The Kier molecular flexibility index (Phi) is 4.10. The SMILES string of the molecule is CCC1NCN(CCS(=O)(=O)CC)C1=O. The summed E-state index contributed by atoms with van der Waals surface area (Å²) in [7, 11) is -2.98. The highest BCUT2D eigenvalue weighted by Gasteiger charge is 2.29. The number of hydrogen-bond acceptors (Lipinski definition) is 4. The van der Waals surface area contributed by atoms with Gasteiger partial charge < -0.3 is 4.90 Å². The first-order chi connectivity index (χ1) is 7.00. The first-order valence-corrected chi connectivity index (χ1v) is 7.05. The first kappa shape index (κ1) is 12.4. The van der Waals surface area contributed by atoms with E-state index in [0.29, 0.717) is 13.2 Å². The summed E-state index contributed by atoms with van der Waals surface area (Å²) in [6, 6.07) is -0.130. The fraction of sp³-hybridized carbons (Fsp3) is 0.889. The zero-order chi connectivity index (χ0) is 11.5. The lowest BCUT2D eigenvalue weighted by Crippen LogP contribution is -2.33. The minimum Gasteiger partial charge on any atom is -0.328 e. The Labute approximate surface area is 90.7 Å².